The predicted molar refractivity (Wildman–Crippen MR) is 44.4 cm³/mol. The summed E-state index contributed by atoms with van der Waals surface area (Å²) in [5.41, 5.74) is 0. The number of carbonyl (C=O) groups is 1. The van der Waals surface area contributed by atoms with Crippen molar-refractivity contribution in [3.8, 4) is 0 Å². The lowest BCUT2D eigenvalue weighted by Gasteiger charge is -1.98. The molecular formula is C6H8N4O2S. The van der Waals surface area contributed by atoms with Crippen molar-refractivity contribution in [3.63, 3.8) is 0 Å². The smallest absolute Gasteiger partial charge is 0.313 e. The molecule has 0 spiro atoms. The van der Waals surface area contributed by atoms with Crippen LogP contribution in [0, 0.1) is 0 Å². The van der Waals surface area contributed by atoms with Gasteiger partial charge in [-0.15, -0.1) is 5.10 Å². The summed E-state index contributed by atoms with van der Waals surface area (Å²) in [6, 6.07) is 0.395. The Morgan fingerprint density at radius 3 is 3.08 bits per heavy atom. The number of nitrogens with zero attached hydrogens (tertiary/aromatic N) is 4. The molecule has 1 fully saturated rings. The number of rotatable bonds is 4. The van der Waals surface area contributed by atoms with Gasteiger partial charge in [0, 0.05) is 0 Å². The Hall–Kier alpha value is -1.11. The molecule has 70 valence electrons. The number of hydrogen-bond acceptors (Lipinski definition) is 5. The molecule has 0 bridgehead atoms. The average Bonchev–Trinajstić information content (AvgIpc) is 2.82. The SMILES string of the molecule is O=C(O)CSc1nnnn1C1CC1. The number of hydrogen-bond donors (Lipinski definition) is 1. The lowest BCUT2D eigenvalue weighted by atomic mass is 10.7. The zero-order valence-electron chi connectivity index (χ0n) is 6.75. The van der Waals surface area contributed by atoms with Crippen molar-refractivity contribution in [2.75, 3.05) is 5.75 Å². The summed E-state index contributed by atoms with van der Waals surface area (Å²) >= 11 is 1.16. The molecular weight excluding hydrogens is 192 g/mol. The lowest BCUT2D eigenvalue weighted by molar-refractivity contribution is -0.133. The topological polar surface area (TPSA) is 80.9 Å². The Labute approximate surface area is 78.3 Å². The molecule has 0 aromatic carbocycles. The second kappa shape index (κ2) is 3.33. The number of thioether (sulfide) groups is 1. The summed E-state index contributed by atoms with van der Waals surface area (Å²) in [4.78, 5) is 10.3. The third kappa shape index (κ3) is 1.97. The zero-order chi connectivity index (χ0) is 9.26. The van der Waals surface area contributed by atoms with Crippen LogP contribution in [0.5, 0.6) is 0 Å². The fourth-order valence-electron chi connectivity index (χ4n) is 0.955. The number of aliphatic carboxylic acids is 1. The molecule has 1 heterocycles. The molecule has 0 saturated heterocycles. The first-order valence-electron chi connectivity index (χ1n) is 3.90. The Morgan fingerprint density at radius 1 is 1.69 bits per heavy atom. The van der Waals surface area contributed by atoms with Crippen LogP contribution in [0.4, 0.5) is 0 Å². The van der Waals surface area contributed by atoms with E-state index < -0.39 is 5.97 Å². The van der Waals surface area contributed by atoms with E-state index in [1.54, 1.807) is 4.68 Å². The van der Waals surface area contributed by atoms with Crippen molar-refractivity contribution in [2.45, 2.75) is 24.0 Å². The predicted octanol–water partition coefficient (Wildman–Crippen LogP) is 0.185. The highest BCUT2D eigenvalue weighted by Crippen LogP contribution is 2.36. The van der Waals surface area contributed by atoms with Crippen molar-refractivity contribution in [2.24, 2.45) is 0 Å². The molecule has 2 rings (SSSR count). The van der Waals surface area contributed by atoms with Crippen LogP contribution in [0.1, 0.15) is 18.9 Å². The summed E-state index contributed by atoms with van der Waals surface area (Å²) in [5, 5.41) is 20.1. The Kier molecular flexibility index (Phi) is 2.17. The molecule has 1 aliphatic carbocycles. The molecule has 6 nitrogen and oxygen atoms in total. The second-order valence-electron chi connectivity index (χ2n) is 2.82. The fourth-order valence-corrected chi connectivity index (χ4v) is 1.62. The van der Waals surface area contributed by atoms with Gasteiger partial charge >= 0.3 is 5.97 Å². The lowest BCUT2D eigenvalue weighted by Crippen LogP contribution is -2.02. The van der Waals surface area contributed by atoms with Crippen LogP contribution in [0.3, 0.4) is 0 Å². The first-order chi connectivity index (χ1) is 6.27. The molecule has 1 saturated carbocycles. The highest BCUT2D eigenvalue weighted by Gasteiger charge is 2.27. The van der Waals surface area contributed by atoms with Crippen molar-refractivity contribution in [1.29, 1.82) is 0 Å². The van der Waals surface area contributed by atoms with Crippen LogP contribution in [-0.2, 0) is 4.79 Å². The van der Waals surface area contributed by atoms with Gasteiger partial charge < -0.3 is 5.11 Å². The number of carboxylic acids is 1. The van der Waals surface area contributed by atoms with E-state index >= 15 is 0 Å². The van der Waals surface area contributed by atoms with E-state index in [1.807, 2.05) is 0 Å². The van der Waals surface area contributed by atoms with Crippen molar-refractivity contribution in [3.05, 3.63) is 0 Å². The summed E-state index contributed by atoms with van der Waals surface area (Å²) in [6.07, 6.45) is 2.18. The monoisotopic (exact) mass is 200 g/mol. The van der Waals surface area contributed by atoms with Crippen molar-refractivity contribution >= 4 is 17.7 Å². The van der Waals surface area contributed by atoms with Crippen LogP contribution in [0.2, 0.25) is 0 Å². The fraction of sp³-hybridized carbons (Fsp3) is 0.667. The summed E-state index contributed by atoms with van der Waals surface area (Å²) in [7, 11) is 0. The largest absolute Gasteiger partial charge is 0.481 e. The van der Waals surface area contributed by atoms with Crippen LogP contribution < -0.4 is 0 Å². The normalized spacial score (nSPS) is 16.0. The molecule has 1 aliphatic rings. The number of aromatic nitrogens is 4. The molecule has 7 heteroatoms. The molecule has 0 atom stereocenters. The van der Waals surface area contributed by atoms with Gasteiger partial charge in [0.2, 0.25) is 5.16 Å². The number of carboxylic acid groups (broad SMARTS) is 1. The first-order valence-corrected chi connectivity index (χ1v) is 4.88. The van der Waals surface area contributed by atoms with Gasteiger partial charge in [0.05, 0.1) is 11.8 Å². The average molecular weight is 200 g/mol. The van der Waals surface area contributed by atoms with E-state index in [1.165, 1.54) is 0 Å². The first kappa shape index (κ1) is 8.49. The molecule has 1 N–H and O–H groups in total. The van der Waals surface area contributed by atoms with Gasteiger partial charge in [-0.1, -0.05) is 11.8 Å². The van der Waals surface area contributed by atoms with Crippen molar-refractivity contribution in [1.82, 2.24) is 20.2 Å². The minimum atomic E-state index is -0.852. The zero-order valence-corrected chi connectivity index (χ0v) is 7.57. The van der Waals surface area contributed by atoms with Gasteiger partial charge in [-0.05, 0) is 23.3 Å². The molecule has 0 unspecified atom stereocenters. The maximum Gasteiger partial charge on any atom is 0.313 e. The Bertz CT molecular complexity index is 322. The minimum Gasteiger partial charge on any atom is -0.481 e. The van der Waals surface area contributed by atoms with Crippen LogP contribution >= 0.6 is 11.8 Å². The maximum atomic E-state index is 10.3. The van der Waals surface area contributed by atoms with Crippen LogP contribution in [-0.4, -0.2) is 37.0 Å². The molecule has 0 amide bonds. The highest BCUT2D eigenvalue weighted by atomic mass is 32.2. The summed E-state index contributed by atoms with van der Waals surface area (Å²) in [6.45, 7) is 0. The van der Waals surface area contributed by atoms with Gasteiger partial charge in [0.1, 0.15) is 0 Å². The van der Waals surface area contributed by atoms with Gasteiger partial charge in [-0.3, -0.25) is 4.79 Å². The number of tetrazole rings is 1. The third-order valence-corrected chi connectivity index (χ3v) is 2.60. The second-order valence-corrected chi connectivity index (χ2v) is 3.76. The Morgan fingerprint density at radius 2 is 2.46 bits per heavy atom. The molecule has 1 aromatic rings. The minimum absolute atomic E-state index is 0.00704. The van der Waals surface area contributed by atoms with E-state index in [0.717, 1.165) is 24.6 Å². The third-order valence-electron chi connectivity index (χ3n) is 1.68. The standard InChI is InChI=1S/C6H8N4O2S/c11-5(12)3-13-6-7-8-9-10(6)4-1-2-4/h4H,1-3H2,(H,11,12). The summed E-state index contributed by atoms with van der Waals surface area (Å²) in [5.74, 6) is -0.844. The van der Waals surface area contributed by atoms with Crippen molar-refractivity contribution < 1.29 is 9.90 Å². The van der Waals surface area contributed by atoms with E-state index in [2.05, 4.69) is 15.5 Å². The van der Waals surface area contributed by atoms with Gasteiger partial charge in [0.15, 0.2) is 0 Å². The highest BCUT2D eigenvalue weighted by molar-refractivity contribution is 7.99. The van der Waals surface area contributed by atoms with E-state index in [4.69, 9.17) is 5.11 Å². The van der Waals surface area contributed by atoms with E-state index in [9.17, 15) is 4.79 Å². The molecule has 0 aliphatic heterocycles. The molecule has 1 aromatic heterocycles. The summed E-state index contributed by atoms with van der Waals surface area (Å²) < 4.78 is 1.70. The van der Waals surface area contributed by atoms with Gasteiger partial charge in [-0.2, -0.15) is 0 Å². The van der Waals surface area contributed by atoms with Crippen LogP contribution in [0.25, 0.3) is 0 Å². The van der Waals surface area contributed by atoms with E-state index in [0.29, 0.717) is 11.2 Å². The quantitative estimate of drug-likeness (QED) is 0.698. The molecule has 0 radical (unpaired) electrons. The van der Waals surface area contributed by atoms with E-state index in [-0.39, 0.29) is 5.75 Å². The Balaban J connectivity index is 2.02. The van der Waals surface area contributed by atoms with Gasteiger partial charge in [0.25, 0.3) is 0 Å². The molecule has 13 heavy (non-hydrogen) atoms. The van der Waals surface area contributed by atoms with Gasteiger partial charge in [-0.25, -0.2) is 4.68 Å². The van der Waals surface area contributed by atoms with Crippen LogP contribution in [0.15, 0.2) is 5.16 Å². The maximum absolute atomic E-state index is 10.3.